The topological polar surface area (TPSA) is 100 Å². The highest BCUT2D eigenvalue weighted by Gasteiger charge is 2.45. The summed E-state index contributed by atoms with van der Waals surface area (Å²) in [7, 11) is 0. The molecule has 2 atom stereocenters. The van der Waals surface area contributed by atoms with Crippen molar-refractivity contribution in [3.8, 4) is 11.3 Å². The molecule has 2 rings (SSSR count). The lowest BCUT2D eigenvalue weighted by Gasteiger charge is -2.29. The molecule has 13 heteroatoms. The summed E-state index contributed by atoms with van der Waals surface area (Å²) in [5.74, 6) is -4.38. The Bertz CT molecular complexity index is 1080. The molecule has 0 radical (unpaired) electrons. The molecule has 1 aromatic carbocycles. The summed E-state index contributed by atoms with van der Waals surface area (Å²) < 4.78 is 77.5. The van der Waals surface area contributed by atoms with Crippen molar-refractivity contribution in [3.05, 3.63) is 52.8 Å². The number of nitrogens with zero attached hydrogens (tertiary/aromatic N) is 1. The van der Waals surface area contributed by atoms with E-state index in [1.54, 1.807) is 18.2 Å². The van der Waals surface area contributed by atoms with Crippen LogP contribution in [0.3, 0.4) is 0 Å². The van der Waals surface area contributed by atoms with Gasteiger partial charge in [0.05, 0.1) is 11.7 Å². The van der Waals surface area contributed by atoms with Gasteiger partial charge in [0.2, 0.25) is 5.91 Å². The first-order valence-electron chi connectivity index (χ1n) is 9.84. The zero-order valence-electron chi connectivity index (χ0n) is 17.9. The van der Waals surface area contributed by atoms with Crippen LogP contribution in [0, 0.1) is 5.92 Å². The summed E-state index contributed by atoms with van der Waals surface area (Å²) in [6.45, 7) is 1.76. The molecule has 2 aromatic rings. The van der Waals surface area contributed by atoms with Crippen molar-refractivity contribution in [1.82, 2.24) is 9.88 Å². The average Bonchev–Trinajstić information content (AvgIpc) is 2.73. The van der Waals surface area contributed by atoms with Crippen LogP contribution in [0.25, 0.3) is 11.3 Å². The Morgan fingerprint density at radius 3 is 2.09 bits per heavy atom. The lowest BCUT2D eigenvalue weighted by molar-refractivity contribution is -0.215. The van der Waals surface area contributed by atoms with Gasteiger partial charge in [-0.2, -0.15) is 26.3 Å². The van der Waals surface area contributed by atoms with Crippen LogP contribution in [0.5, 0.6) is 0 Å². The minimum absolute atomic E-state index is 0.0585. The van der Waals surface area contributed by atoms with Crippen LogP contribution in [0.2, 0.25) is 0 Å². The van der Waals surface area contributed by atoms with Gasteiger partial charge in [0.15, 0.2) is 6.10 Å². The fraction of sp³-hybridized carbons (Fsp3) is 0.381. The Balaban J connectivity index is 2.46. The lowest BCUT2D eigenvalue weighted by Crippen LogP contribution is -2.53. The Morgan fingerprint density at radius 2 is 1.59 bits per heavy atom. The number of benzene rings is 1. The van der Waals surface area contributed by atoms with Crippen LogP contribution in [0.1, 0.15) is 13.8 Å². The number of aliphatic hydroxyl groups is 1. The maximum atomic E-state index is 13.0. The van der Waals surface area contributed by atoms with E-state index in [4.69, 9.17) is 0 Å². The molecular formula is C21H21F6N3O4. The summed E-state index contributed by atoms with van der Waals surface area (Å²) in [5, 5.41) is 13.0. The molecule has 1 heterocycles. The van der Waals surface area contributed by atoms with Crippen molar-refractivity contribution in [2.45, 2.75) is 44.9 Å². The maximum absolute atomic E-state index is 13.0. The van der Waals surface area contributed by atoms with Crippen LogP contribution < -0.4 is 16.2 Å². The first-order valence-corrected chi connectivity index (χ1v) is 9.84. The number of amides is 2. The number of carbonyl (C=O) groups is 2. The maximum Gasteiger partial charge on any atom is 0.471 e. The van der Waals surface area contributed by atoms with Gasteiger partial charge in [-0.25, -0.2) is 0 Å². The number of anilines is 1. The molecule has 0 saturated heterocycles. The number of alkyl halides is 6. The van der Waals surface area contributed by atoms with Gasteiger partial charge < -0.3 is 15.7 Å². The Labute approximate surface area is 189 Å². The second kappa shape index (κ2) is 10.3. The average molecular weight is 493 g/mol. The van der Waals surface area contributed by atoms with Gasteiger partial charge in [0.1, 0.15) is 12.2 Å². The van der Waals surface area contributed by atoms with E-state index in [0.29, 0.717) is 10.1 Å². The minimum atomic E-state index is -5.29. The fourth-order valence-corrected chi connectivity index (χ4v) is 3.07. The van der Waals surface area contributed by atoms with E-state index in [2.05, 4.69) is 0 Å². The second-order valence-electron chi connectivity index (χ2n) is 7.67. The number of carbonyl (C=O) groups excluding carboxylic acids is 2. The molecule has 0 bridgehead atoms. The molecule has 0 aliphatic rings. The zero-order chi connectivity index (χ0) is 25.8. The smallest absolute Gasteiger partial charge is 0.382 e. The summed E-state index contributed by atoms with van der Waals surface area (Å²) in [6.07, 6.45) is -13.2. The quantitative estimate of drug-likeness (QED) is 0.517. The van der Waals surface area contributed by atoms with E-state index >= 15 is 0 Å². The van der Waals surface area contributed by atoms with Gasteiger partial charge in [0.25, 0.3) is 5.56 Å². The molecule has 2 unspecified atom stereocenters. The standard InChI is InChI=1S/C21H21F6N3O4/c1-11(2)16(17(32)20(22,23)24)29-15(31)10-30-14(12-6-4-3-5-7-12)9-8-13(18(30)33)28-19(34)21(25,26)27/h3-9,11,16-17,32H,10H2,1-2H3,(H,28,34)(H,29,31). The number of aliphatic hydroxyl groups excluding tert-OH is 1. The SMILES string of the molecule is CC(C)C(NC(=O)Cn1c(-c2ccccc2)ccc(NC(=O)C(F)(F)F)c1=O)C(O)C(F)(F)F. The third-order valence-corrected chi connectivity index (χ3v) is 4.77. The van der Waals surface area contributed by atoms with Crippen LogP contribution in [0.4, 0.5) is 32.0 Å². The molecule has 0 aliphatic carbocycles. The molecule has 0 aliphatic heterocycles. The van der Waals surface area contributed by atoms with Gasteiger partial charge in [-0.3, -0.25) is 19.0 Å². The van der Waals surface area contributed by atoms with Crippen molar-refractivity contribution in [3.63, 3.8) is 0 Å². The Kier molecular flexibility index (Phi) is 8.14. The highest BCUT2D eigenvalue weighted by Crippen LogP contribution is 2.26. The van der Waals surface area contributed by atoms with E-state index in [-0.39, 0.29) is 5.69 Å². The van der Waals surface area contributed by atoms with E-state index in [0.717, 1.165) is 6.07 Å². The first kappa shape index (κ1) is 26.9. The molecule has 1 aromatic heterocycles. The Hall–Kier alpha value is -3.35. The van der Waals surface area contributed by atoms with Gasteiger partial charge in [-0.1, -0.05) is 44.2 Å². The summed E-state index contributed by atoms with van der Waals surface area (Å²) in [6, 6.07) is 8.21. The summed E-state index contributed by atoms with van der Waals surface area (Å²) in [4.78, 5) is 36.7. The first-order chi connectivity index (χ1) is 15.6. The fourth-order valence-electron chi connectivity index (χ4n) is 3.07. The molecule has 2 amide bonds. The van der Waals surface area contributed by atoms with E-state index < -0.39 is 60.0 Å². The molecule has 0 saturated carbocycles. The summed E-state index contributed by atoms with van der Waals surface area (Å²) >= 11 is 0. The summed E-state index contributed by atoms with van der Waals surface area (Å²) in [5.41, 5.74) is -1.54. The van der Waals surface area contributed by atoms with Crippen LogP contribution in [0.15, 0.2) is 47.3 Å². The second-order valence-corrected chi connectivity index (χ2v) is 7.67. The number of nitrogens with one attached hydrogen (secondary N) is 2. The van der Waals surface area contributed by atoms with Crippen molar-refractivity contribution in [1.29, 1.82) is 0 Å². The van der Waals surface area contributed by atoms with E-state index in [1.165, 1.54) is 37.4 Å². The van der Waals surface area contributed by atoms with E-state index in [1.807, 2.05) is 5.32 Å². The highest BCUT2D eigenvalue weighted by atomic mass is 19.4. The predicted molar refractivity (Wildman–Crippen MR) is 110 cm³/mol. The monoisotopic (exact) mass is 493 g/mol. The van der Waals surface area contributed by atoms with Crippen molar-refractivity contribution in [2.24, 2.45) is 5.92 Å². The van der Waals surface area contributed by atoms with Gasteiger partial charge in [0, 0.05) is 0 Å². The molecular weight excluding hydrogens is 472 g/mol. The third kappa shape index (κ3) is 6.59. The van der Waals surface area contributed by atoms with Crippen molar-refractivity contribution in [2.75, 3.05) is 5.32 Å². The van der Waals surface area contributed by atoms with Gasteiger partial charge in [-0.05, 0) is 23.6 Å². The normalized spacial score (nSPS) is 13.9. The third-order valence-electron chi connectivity index (χ3n) is 4.77. The largest absolute Gasteiger partial charge is 0.471 e. The number of aromatic nitrogens is 1. The molecule has 186 valence electrons. The van der Waals surface area contributed by atoms with Crippen molar-refractivity contribution >= 4 is 17.5 Å². The number of hydrogen-bond acceptors (Lipinski definition) is 4. The molecule has 0 fully saturated rings. The zero-order valence-corrected chi connectivity index (χ0v) is 17.9. The number of halogens is 6. The van der Waals surface area contributed by atoms with Gasteiger partial charge >= 0.3 is 18.3 Å². The Morgan fingerprint density at radius 1 is 1.00 bits per heavy atom. The lowest BCUT2D eigenvalue weighted by atomic mass is 9.98. The van der Waals surface area contributed by atoms with E-state index in [9.17, 15) is 45.8 Å². The van der Waals surface area contributed by atoms with Crippen LogP contribution >= 0.6 is 0 Å². The minimum Gasteiger partial charge on any atom is -0.382 e. The highest BCUT2D eigenvalue weighted by molar-refractivity contribution is 5.95. The number of hydrogen-bond donors (Lipinski definition) is 3. The molecule has 3 N–H and O–H groups in total. The molecule has 0 spiro atoms. The predicted octanol–water partition coefficient (Wildman–Crippen LogP) is 3.08. The van der Waals surface area contributed by atoms with Crippen LogP contribution in [-0.2, 0) is 16.1 Å². The number of pyridine rings is 1. The van der Waals surface area contributed by atoms with Gasteiger partial charge in [-0.15, -0.1) is 0 Å². The number of rotatable bonds is 7. The van der Waals surface area contributed by atoms with Crippen molar-refractivity contribution < 1.29 is 41.0 Å². The molecule has 7 nitrogen and oxygen atoms in total. The molecule has 34 heavy (non-hydrogen) atoms. The van der Waals surface area contributed by atoms with Crippen LogP contribution in [-0.4, -0.2) is 46.0 Å².